The minimum absolute atomic E-state index is 0.0289. The first kappa shape index (κ1) is 5.28. The molecule has 5 heteroatoms. The highest BCUT2D eigenvalue weighted by Gasteiger charge is 2.17. The van der Waals surface area contributed by atoms with Crippen molar-refractivity contribution in [3.05, 3.63) is 5.69 Å². The molecule has 0 unspecified atom stereocenters. The summed E-state index contributed by atoms with van der Waals surface area (Å²) in [4.78, 5) is 14.8. The number of Topliss-reactive ketones (excluding diaryl/α,β-unsaturated/α-hetero) is 1. The molecule has 0 radical (unpaired) electrons. The van der Waals surface area contributed by atoms with Crippen LogP contribution in [0.4, 0.5) is 5.82 Å². The molecule has 0 saturated heterocycles. The number of nitrogens with zero attached hydrogens (tertiary/aromatic N) is 3. The fourth-order valence-electron chi connectivity index (χ4n) is 0.814. The average Bonchev–Trinajstić information content (AvgIpc) is 2.36. The van der Waals surface area contributed by atoms with Crippen LogP contribution in [0, 0.1) is 0 Å². The van der Waals surface area contributed by atoms with E-state index in [0.29, 0.717) is 17.9 Å². The second-order valence-electron chi connectivity index (χ2n) is 1.93. The van der Waals surface area contributed by atoms with Crippen molar-refractivity contribution >= 4 is 17.8 Å². The number of fused-ring (bicyclic) bond motifs is 1. The fourth-order valence-corrected chi connectivity index (χ4v) is 0.814. The van der Waals surface area contributed by atoms with Crippen LogP contribution >= 0.6 is 0 Å². The number of carbonyl (C=O) groups is 1. The first-order valence-electron chi connectivity index (χ1n) is 2.84. The lowest BCUT2D eigenvalue weighted by atomic mass is 10.2. The highest BCUT2D eigenvalue weighted by atomic mass is 16.1. The summed E-state index contributed by atoms with van der Waals surface area (Å²) in [5.74, 6) is 0.370. The van der Waals surface area contributed by atoms with Gasteiger partial charge in [-0.1, -0.05) is 0 Å². The molecule has 2 rings (SSSR count). The molecule has 0 aromatic carbocycles. The molecule has 1 aromatic rings. The molecule has 5 nitrogen and oxygen atoms in total. The Hall–Kier alpha value is -1.52. The molecule has 1 aromatic heterocycles. The molecule has 0 amide bonds. The van der Waals surface area contributed by atoms with E-state index in [4.69, 9.17) is 0 Å². The van der Waals surface area contributed by atoms with Crippen molar-refractivity contribution in [1.29, 1.82) is 0 Å². The van der Waals surface area contributed by atoms with Gasteiger partial charge in [0.15, 0.2) is 11.5 Å². The highest BCUT2D eigenvalue weighted by molar-refractivity contribution is 6.07. The van der Waals surface area contributed by atoms with Crippen LogP contribution in [0.15, 0.2) is 4.99 Å². The van der Waals surface area contributed by atoms with Crippen molar-refractivity contribution in [3.63, 3.8) is 0 Å². The smallest absolute Gasteiger partial charge is 0.204 e. The monoisotopic (exact) mass is 136 g/mol. The summed E-state index contributed by atoms with van der Waals surface area (Å²) in [6.45, 7) is 0. The molecule has 50 valence electrons. The first-order chi connectivity index (χ1) is 4.88. The van der Waals surface area contributed by atoms with Gasteiger partial charge in [0.2, 0.25) is 5.82 Å². The normalized spacial score (nSPS) is 15.4. The second-order valence-corrected chi connectivity index (χ2v) is 1.93. The number of carbonyl (C=O) groups excluding carboxylic acids is 1. The summed E-state index contributed by atoms with van der Waals surface area (Å²) in [6.07, 6.45) is 1.87. The zero-order chi connectivity index (χ0) is 6.97. The van der Waals surface area contributed by atoms with Gasteiger partial charge in [-0.15, -0.1) is 5.10 Å². The molecular formula is C5H4N4O. The van der Waals surface area contributed by atoms with Gasteiger partial charge in [0, 0.05) is 12.6 Å². The van der Waals surface area contributed by atoms with E-state index in [-0.39, 0.29) is 5.78 Å². The van der Waals surface area contributed by atoms with E-state index in [9.17, 15) is 4.79 Å². The third-order valence-electron chi connectivity index (χ3n) is 1.28. The van der Waals surface area contributed by atoms with Crippen LogP contribution in [0.1, 0.15) is 16.9 Å². The number of aromatic nitrogens is 3. The lowest BCUT2D eigenvalue weighted by Crippen LogP contribution is -2.04. The van der Waals surface area contributed by atoms with Gasteiger partial charge in [-0.2, -0.15) is 10.3 Å². The summed E-state index contributed by atoms with van der Waals surface area (Å²) in [7, 11) is 0. The summed E-state index contributed by atoms with van der Waals surface area (Å²) >= 11 is 0. The Bertz CT molecular complexity index is 300. The summed E-state index contributed by atoms with van der Waals surface area (Å²) in [5.41, 5.74) is 0.350. The third-order valence-corrected chi connectivity index (χ3v) is 1.28. The van der Waals surface area contributed by atoms with E-state index < -0.39 is 0 Å². The van der Waals surface area contributed by atoms with Crippen LogP contribution < -0.4 is 0 Å². The van der Waals surface area contributed by atoms with Gasteiger partial charge < -0.3 is 0 Å². The maximum absolute atomic E-state index is 10.9. The van der Waals surface area contributed by atoms with Crippen molar-refractivity contribution in [1.82, 2.24) is 15.4 Å². The molecule has 1 aliphatic heterocycles. The summed E-state index contributed by atoms with van der Waals surface area (Å²) < 4.78 is 0. The van der Waals surface area contributed by atoms with Crippen LogP contribution in [0.5, 0.6) is 0 Å². The maximum Gasteiger partial charge on any atom is 0.204 e. The molecule has 1 aliphatic rings. The third kappa shape index (κ3) is 0.570. The Kier molecular flexibility index (Phi) is 0.913. The van der Waals surface area contributed by atoms with Crippen molar-refractivity contribution < 1.29 is 4.79 Å². The molecule has 0 bridgehead atoms. The molecule has 10 heavy (non-hydrogen) atoms. The Morgan fingerprint density at radius 2 is 2.40 bits per heavy atom. The van der Waals surface area contributed by atoms with Gasteiger partial charge in [-0.3, -0.25) is 4.79 Å². The lowest BCUT2D eigenvalue weighted by molar-refractivity contribution is 0.0996. The minimum atomic E-state index is -0.0289. The van der Waals surface area contributed by atoms with E-state index >= 15 is 0 Å². The van der Waals surface area contributed by atoms with Crippen molar-refractivity contribution in [3.8, 4) is 0 Å². The largest absolute Gasteiger partial charge is 0.292 e. The Balaban J connectivity index is 2.62. The van der Waals surface area contributed by atoms with Crippen LogP contribution in [-0.2, 0) is 0 Å². The molecule has 0 saturated carbocycles. The van der Waals surface area contributed by atoms with Crippen LogP contribution in [0.25, 0.3) is 0 Å². The maximum atomic E-state index is 10.9. The van der Waals surface area contributed by atoms with E-state index in [1.807, 2.05) is 0 Å². The molecule has 0 aliphatic carbocycles. The van der Waals surface area contributed by atoms with Gasteiger partial charge in [-0.05, 0) is 0 Å². The SMILES string of the molecule is O=C1CC=Nc2n[nH]nc21. The molecule has 0 fully saturated rings. The van der Waals surface area contributed by atoms with Crippen LogP contribution in [0.3, 0.4) is 0 Å². The Morgan fingerprint density at radius 3 is 3.20 bits per heavy atom. The van der Waals surface area contributed by atoms with Gasteiger partial charge in [0.1, 0.15) is 0 Å². The number of hydrogen-bond acceptors (Lipinski definition) is 4. The van der Waals surface area contributed by atoms with E-state index in [1.54, 1.807) is 0 Å². The average molecular weight is 136 g/mol. The number of aromatic amines is 1. The van der Waals surface area contributed by atoms with Crippen molar-refractivity contribution in [2.45, 2.75) is 6.42 Å². The number of rotatable bonds is 0. The Labute approximate surface area is 56.2 Å². The number of H-pyrrole nitrogens is 1. The van der Waals surface area contributed by atoms with Crippen LogP contribution in [0.2, 0.25) is 0 Å². The molecular weight excluding hydrogens is 132 g/mol. The van der Waals surface area contributed by atoms with Crippen LogP contribution in [-0.4, -0.2) is 27.4 Å². The number of hydrogen-bond donors (Lipinski definition) is 1. The molecule has 0 atom stereocenters. The predicted molar refractivity (Wildman–Crippen MR) is 33.5 cm³/mol. The first-order valence-corrected chi connectivity index (χ1v) is 2.84. The van der Waals surface area contributed by atoms with Gasteiger partial charge in [-0.25, -0.2) is 4.99 Å². The predicted octanol–water partition coefficient (Wildman–Crippen LogP) is 0.0934. The topological polar surface area (TPSA) is 71.0 Å². The molecule has 1 N–H and O–H groups in total. The van der Waals surface area contributed by atoms with Crippen molar-refractivity contribution in [2.75, 3.05) is 0 Å². The quantitative estimate of drug-likeness (QED) is 0.549. The summed E-state index contributed by atoms with van der Waals surface area (Å²) in [5, 5.41) is 9.63. The van der Waals surface area contributed by atoms with Gasteiger partial charge in [0.05, 0.1) is 0 Å². The Morgan fingerprint density at radius 1 is 1.50 bits per heavy atom. The standard InChI is InChI=1S/C5H4N4O/c10-3-1-2-6-5-4(3)7-9-8-5/h2H,1H2,(H,7,8,9). The fraction of sp³-hybridized carbons (Fsp3) is 0.200. The van der Waals surface area contributed by atoms with E-state index in [1.165, 1.54) is 6.21 Å². The lowest BCUT2D eigenvalue weighted by Gasteiger charge is -1.96. The molecule has 0 spiro atoms. The number of aliphatic imine (C=N–C) groups is 1. The van der Waals surface area contributed by atoms with E-state index in [2.05, 4.69) is 20.4 Å². The van der Waals surface area contributed by atoms with Crippen molar-refractivity contribution in [2.24, 2.45) is 4.99 Å². The van der Waals surface area contributed by atoms with Gasteiger partial charge in [0.25, 0.3) is 0 Å². The zero-order valence-electron chi connectivity index (χ0n) is 5.03. The number of ketones is 1. The second kappa shape index (κ2) is 1.73. The van der Waals surface area contributed by atoms with Gasteiger partial charge >= 0.3 is 0 Å². The van der Waals surface area contributed by atoms with E-state index in [0.717, 1.165) is 0 Å². The number of nitrogens with one attached hydrogen (secondary N) is 1. The summed E-state index contributed by atoms with van der Waals surface area (Å²) in [6, 6.07) is 0. The molecule has 2 heterocycles. The minimum Gasteiger partial charge on any atom is -0.292 e. The highest BCUT2D eigenvalue weighted by Crippen LogP contribution is 2.16. The zero-order valence-corrected chi connectivity index (χ0v) is 5.03.